The first-order valence-corrected chi connectivity index (χ1v) is 14.8. The summed E-state index contributed by atoms with van der Waals surface area (Å²) >= 11 is 0. The maximum Gasteiger partial charge on any atom is 0.296 e. The second-order valence-electron chi connectivity index (χ2n) is 7.47. The monoisotopic (exact) mass is 581 g/mol. The van der Waals surface area contributed by atoms with Crippen LogP contribution in [0.5, 0.6) is 0 Å². The quantitative estimate of drug-likeness (QED) is 0.234. The van der Waals surface area contributed by atoms with Gasteiger partial charge in [0.25, 0.3) is 40.5 Å². The fourth-order valence-electron chi connectivity index (χ4n) is 3.87. The van der Waals surface area contributed by atoms with Crippen molar-refractivity contribution in [3.63, 3.8) is 0 Å². The standard InChI is InChI=1S/C17H11NO14S4/c19-16-8-3-6(33(21,22)23)4-12(36(30,31)32)7(8)5-9(16)14-17(20)13-10(34(24,25)26)1-2-11(15(13)18-14)35(27,28)29/h1-4,18H,5H2,(H,21,22,23)(H,24,25,26)(H,27,28,29)(H,30,31,32)/b14-9-. The lowest BCUT2D eigenvalue weighted by Crippen LogP contribution is -2.11. The number of allylic oxidation sites excluding steroid dienone is 2. The van der Waals surface area contributed by atoms with Crippen LogP contribution in [0.25, 0.3) is 0 Å². The van der Waals surface area contributed by atoms with Crippen molar-refractivity contribution in [2.45, 2.75) is 26.0 Å². The Hall–Kier alpha value is -3.04. The Kier molecular flexibility index (Phi) is 5.59. The third-order valence-corrected chi connectivity index (χ3v) is 8.86. The fourth-order valence-corrected chi connectivity index (χ4v) is 6.59. The second-order valence-corrected chi connectivity index (χ2v) is 13.1. The molecule has 2 aromatic carbocycles. The summed E-state index contributed by atoms with van der Waals surface area (Å²) in [7, 11) is -20.5. The highest BCUT2D eigenvalue weighted by Crippen LogP contribution is 2.42. The van der Waals surface area contributed by atoms with E-state index in [1.165, 1.54) is 0 Å². The van der Waals surface area contributed by atoms with Crippen molar-refractivity contribution >= 4 is 57.7 Å². The molecule has 0 spiro atoms. The maximum atomic E-state index is 13.1. The van der Waals surface area contributed by atoms with Gasteiger partial charge >= 0.3 is 0 Å². The van der Waals surface area contributed by atoms with Gasteiger partial charge in [0.15, 0.2) is 5.78 Å². The molecule has 15 nitrogen and oxygen atoms in total. The van der Waals surface area contributed by atoms with Gasteiger partial charge in [0.1, 0.15) is 9.79 Å². The van der Waals surface area contributed by atoms with Crippen LogP contribution in [-0.2, 0) is 46.9 Å². The second kappa shape index (κ2) is 7.73. The normalized spacial score (nSPS) is 18.2. The van der Waals surface area contributed by atoms with E-state index in [0.717, 1.165) is 0 Å². The summed E-state index contributed by atoms with van der Waals surface area (Å²) in [5, 5.41) is 2.20. The zero-order chi connectivity index (χ0) is 27.2. The summed E-state index contributed by atoms with van der Waals surface area (Å²) in [6.45, 7) is 0. The molecule has 1 aliphatic heterocycles. The molecule has 36 heavy (non-hydrogen) atoms. The van der Waals surface area contributed by atoms with E-state index in [9.17, 15) is 61.5 Å². The maximum absolute atomic E-state index is 13.1. The average Bonchev–Trinajstić information content (AvgIpc) is 3.21. The Bertz CT molecular complexity index is 1900. The van der Waals surface area contributed by atoms with Crippen molar-refractivity contribution in [2.75, 3.05) is 5.32 Å². The fraction of sp³-hybridized carbons (Fsp3) is 0.0588. The first-order valence-electron chi connectivity index (χ1n) is 9.06. The van der Waals surface area contributed by atoms with E-state index in [4.69, 9.17) is 0 Å². The van der Waals surface area contributed by atoms with E-state index in [1.807, 2.05) is 0 Å². The number of benzene rings is 2. The van der Waals surface area contributed by atoms with Crippen LogP contribution in [0.3, 0.4) is 0 Å². The van der Waals surface area contributed by atoms with E-state index >= 15 is 0 Å². The SMILES string of the molecule is O=C1/C(=C2\Nc3c(S(=O)(=O)O)ccc(S(=O)(=O)O)c3C2=O)Cc2c1cc(S(=O)(=O)O)cc2S(=O)(=O)O. The van der Waals surface area contributed by atoms with E-state index < -0.39 is 112 Å². The van der Waals surface area contributed by atoms with Crippen molar-refractivity contribution in [3.8, 4) is 0 Å². The Morgan fingerprint density at radius 1 is 0.667 bits per heavy atom. The molecule has 4 rings (SSSR count). The number of rotatable bonds is 4. The van der Waals surface area contributed by atoms with Gasteiger partial charge < -0.3 is 5.32 Å². The van der Waals surface area contributed by atoms with Crippen LogP contribution in [0.1, 0.15) is 26.3 Å². The molecule has 192 valence electrons. The molecule has 0 aromatic heterocycles. The van der Waals surface area contributed by atoms with Crippen molar-refractivity contribution in [3.05, 3.63) is 52.2 Å². The van der Waals surface area contributed by atoms with Crippen LogP contribution in [0, 0.1) is 0 Å². The van der Waals surface area contributed by atoms with Crippen LogP contribution >= 0.6 is 0 Å². The van der Waals surface area contributed by atoms with Gasteiger partial charge in [-0.1, -0.05) is 0 Å². The van der Waals surface area contributed by atoms with Crippen LogP contribution in [-0.4, -0.2) is 63.4 Å². The van der Waals surface area contributed by atoms with Crippen molar-refractivity contribution in [1.29, 1.82) is 0 Å². The van der Waals surface area contributed by atoms with Crippen LogP contribution in [0.4, 0.5) is 5.69 Å². The number of fused-ring (bicyclic) bond motifs is 2. The lowest BCUT2D eigenvalue weighted by atomic mass is 10.0. The first kappa shape index (κ1) is 26.0. The molecular formula is C17H11NO14S4. The van der Waals surface area contributed by atoms with Crippen molar-refractivity contribution < 1.29 is 61.5 Å². The molecule has 2 aromatic rings. The molecule has 0 fully saturated rings. The topological polar surface area (TPSA) is 264 Å². The number of anilines is 1. The molecule has 19 heteroatoms. The number of Topliss-reactive ketones (excluding diaryl/α,β-unsaturated/α-hetero) is 2. The minimum absolute atomic E-state index is 0.371. The molecule has 1 heterocycles. The van der Waals surface area contributed by atoms with Crippen LogP contribution in [0.2, 0.25) is 0 Å². The zero-order valence-electron chi connectivity index (χ0n) is 17.0. The molecule has 0 saturated heterocycles. The number of carbonyl (C=O) groups is 2. The number of nitrogens with one attached hydrogen (secondary N) is 1. The van der Waals surface area contributed by atoms with Gasteiger partial charge in [-0.25, -0.2) is 0 Å². The first-order chi connectivity index (χ1) is 16.2. The highest BCUT2D eigenvalue weighted by Gasteiger charge is 2.42. The van der Waals surface area contributed by atoms with Crippen LogP contribution in [0.15, 0.2) is 55.1 Å². The minimum atomic E-state index is -5.18. The lowest BCUT2D eigenvalue weighted by molar-refractivity contribution is 0.100. The predicted octanol–water partition coefficient (Wildman–Crippen LogP) is -0.0253. The Labute approximate surface area is 202 Å². The molecule has 0 bridgehead atoms. The summed E-state index contributed by atoms with van der Waals surface area (Å²) in [4.78, 5) is 21.9. The van der Waals surface area contributed by atoms with Gasteiger partial charge in [-0.05, 0) is 29.8 Å². The average molecular weight is 582 g/mol. The molecule has 0 radical (unpaired) electrons. The summed E-state index contributed by atoms with van der Waals surface area (Å²) < 4.78 is 132. The van der Waals surface area contributed by atoms with Gasteiger partial charge in [-0.15, -0.1) is 0 Å². The Balaban J connectivity index is 2.01. The van der Waals surface area contributed by atoms with Gasteiger partial charge in [0.2, 0.25) is 5.78 Å². The van der Waals surface area contributed by atoms with Gasteiger partial charge in [-0.3, -0.25) is 27.8 Å². The molecule has 0 saturated carbocycles. The summed E-state index contributed by atoms with van der Waals surface area (Å²) in [6, 6.07) is 2.03. The van der Waals surface area contributed by atoms with Gasteiger partial charge in [-0.2, -0.15) is 33.7 Å². The highest BCUT2D eigenvalue weighted by molar-refractivity contribution is 7.87. The number of hydrogen-bond donors (Lipinski definition) is 5. The number of carbonyl (C=O) groups excluding carboxylic acids is 2. The minimum Gasteiger partial charge on any atom is -0.350 e. The molecule has 0 atom stereocenters. The van der Waals surface area contributed by atoms with Crippen LogP contribution < -0.4 is 5.32 Å². The largest absolute Gasteiger partial charge is 0.350 e. The Morgan fingerprint density at radius 3 is 1.69 bits per heavy atom. The highest BCUT2D eigenvalue weighted by atomic mass is 32.2. The summed E-state index contributed by atoms with van der Waals surface area (Å²) in [6.07, 6.45) is -0.750. The van der Waals surface area contributed by atoms with Crippen molar-refractivity contribution in [2.24, 2.45) is 0 Å². The third kappa shape index (κ3) is 4.14. The van der Waals surface area contributed by atoms with Gasteiger partial charge in [0.05, 0.1) is 26.7 Å². The summed E-state index contributed by atoms with van der Waals surface area (Å²) in [5.74, 6) is -2.53. The van der Waals surface area contributed by atoms with E-state index in [0.29, 0.717) is 24.3 Å². The smallest absolute Gasteiger partial charge is 0.296 e. The Morgan fingerprint density at radius 2 is 1.19 bits per heavy atom. The lowest BCUT2D eigenvalue weighted by Gasteiger charge is -2.08. The number of ketones is 2. The van der Waals surface area contributed by atoms with E-state index in [-0.39, 0.29) is 0 Å². The molecule has 2 aliphatic rings. The molecular weight excluding hydrogens is 570 g/mol. The number of hydrogen-bond acceptors (Lipinski definition) is 11. The van der Waals surface area contributed by atoms with Gasteiger partial charge in [0, 0.05) is 17.6 Å². The third-order valence-electron chi connectivity index (χ3n) is 5.32. The molecule has 0 amide bonds. The molecule has 5 N–H and O–H groups in total. The van der Waals surface area contributed by atoms with E-state index in [1.54, 1.807) is 0 Å². The van der Waals surface area contributed by atoms with Crippen molar-refractivity contribution in [1.82, 2.24) is 0 Å². The predicted molar refractivity (Wildman–Crippen MR) is 115 cm³/mol. The van der Waals surface area contributed by atoms with E-state index in [2.05, 4.69) is 5.32 Å². The summed E-state index contributed by atoms with van der Waals surface area (Å²) in [5.41, 5.74) is -4.28. The molecule has 1 aliphatic carbocycles. The zero-order valence-corrected chi connectivity index (χ0v) is 20.3. The molecule has 0 unspecified atom stereocenters.